The number of H-pyrrole nitrogens is 1. The van der Waals surface area contributed by atoms with E-state index in [1.54, 1.807) is 24.0 Å². The molecule has 5 rings (SSSR count). The molecule has 0 aliphatic carbocycles. The summed E-state index contributed by atoms with van der Waals surface area (Å²) in [6.45, 7) is 9.01. The fourth-order valence-electron chi connectivity index (χ4n) is 6.33. The molecule has 218 valence electrons. The molecule has 1 aromatic heterocycles. The molecule has 2 fully saturated rings. The number of amides is 2. The molecule has 2 amide bonds. The highest BCUT2D eigenvalue weighted by Gasteiger charge is 2.36. The number of Topliss-reactive ketones (excluding diaryl/α,β-unsaturated/α-hetero) is 1. The van der Waals surface area contributed by atoms with E-state index in [2.05, 4.69) is 23.7 Å². The number of halogens is 1. The zero-order valence-corrected chi connectivity index (χ0v) is 24.5. The van der Waals surface area contributed by atoms with Crippen LogP contribution in [0, 0.1) is 24.6 Å². The smallest absolute Gasteiger partial charge is 0.295 e. The second-order valence-corrected chi connectivity index (χ2v) is 11.8. The minimum Gasteiger partial charge on any atom is -0.496 e. The molecule has 3 atom stereocenters. The van der Waals surface area contributed by atoms with Gasteiger partial charge in [-0.3, -0.25) is 14.4 Å². The van der Waals surface area contributed by atoms with Crippen molar-refractivity contribution >= 4 is 28.5 Å². The molecule has 0 bridgehead atoms. The maximum atomic E-state index is 14.0. The van der Waals surface area contributed by atoms with Crippen molar-refractivity contribution < 1.29 is 23.5 Å². The van der Waals surface area contributed by atoms with Crippen LogP contribution < -0.4 is 4.74 Å². The zero-order valence-electron chi connectivity index (χ0n) is 24.5. The number of nitrogens with one attached hydrogen (secondary N) is 1. The van der Waals surface area contributed by atoms with Gasteiger partial charge in [-0.2, -0.15) is 0 Å². The van der Waals surface area contributed by atoms with Gasteiger partial charge in [-0.1, -0.05) is 19.1 Å². The molecule has 0 radical (unpaired) electrons. The van der Waals surface area contributed by atoms with E-state index in [4.69, 9.17) is 4.74 Å². The Hall–Kier alpha value is -3.72. The van der Waals surface area contributed by atoms with Crippen LogP contribution in [0.3, 0.4) is 0 Å². The quantitative estimate of drug-likeness (QED) is 0.358. The normalized spacial score (nSPS) is 21.8. The molecular formula is C32H39FN4O4. The highest BCUT2D eigenvalue weighted by atomic mass is 19.1. The molecule has 9 heteroatoms. The van der Waals surface area contributed by atoms with Gasteiger partial charge in [-0.15, -0.1) is 0 Å². The highest BCUT2D eigenvalue weighted by Crippen LogP contribution is 2.35. The number of hydrogen-bond acceptors (Lipinski definition) is 5. The van der Waals surface area contributed by atoms with Gasteiger partial charge < -0.3 is 24.4 Å². The molecule has 3 heterocycles. The highest BCUT2D eigenvalue weighted by molar-refractivity contribution is 6.45. The first-order valence-corrected chi connectivity index (χ1v) is 14.3. The lowest BCUT2D eigenvalue weighted by Gasteiger charge is -2.42. The third-order valence-corrected chi connectivity index (χ3v) is 8.89. The Morgan fingerprint density at radius 1 is 1.05 bits per heavy atom. The van der Waals surface area contributed by atoms with Crippen molar-refractivity contribution in [3.8, 4) is 5.75 Å². The van der Waals surface area contributed by atoms with Crippen LogP contribution in [-0.4, -0.2) is 90.2 Å². The van der Waals surface area contributed by atoms with Crippen LogP contribution in [0.25, 0.3) is 10.9 Å². The summed E-state index contributed by atoms with van der Waals surface area (Å²) in [7, 11) is 3.52. The van der Waals surface area contributed by atoms with Gasteiger partial charge in [0.2, 0.25) is 0 Å². The van der Waals surface area contributed by atoms with Crippen molar-refractivity contribution in [1.82, 2.24) is 19.7 Å². The summed E-state index contributed by atoms with van der Waals surface area (Å²) in [5.74, 6) is -0.467. The van der Waals surface area contributed by atoms with E-state index in [0.29, 0.717) is 59.0 Å². The predicted octanol–water partition coefficient (Wildman–Crippen LogP) is 4.31. The van der Waals surface area contributed by atoms with Crippen LogP contribution in [0.1, 0.15) is 52.2 Å². The molecule has 41 heavy (non-hydrogen) atoms. The molecule has 8 nitrogen and oxygen atoms in total. The van der Waals surface area contributed by atoms with E-state index in [1.807, 2.05) is 24.1 Å². The molecule has 2 aliphatic heterocycles. The summed E-state index contributed by atoms with van der Waals surface area (Å²) in [6, 6.07) is 10.1. The molecule has 2 saturated heterocycles. The monoisotopic (exact) mass is 562 g/mol. The first-order chi connectivity index (χ1) is 19.6. The topological polar surface area (TPSA) is 86.0 Å². The van der Waals surface area contributed by atoms with Crippen LogP contribution in [0.2, 0.25) is 0 Å². The molecular weight excluding hydrogens is 523 g/mol. The molecule has 2 aliphatic rings. The Morgan fingerprint density at radius 2 is 1.73 bits per heavy atom. The Morgan fingerprint density at radius 3 is 2.39 bits per heavy atom. The van der Waals surface area contributed by atoms with Crippen molar-refractivity contribution in [3.05, 3.63) is 64.6 Å². The van der Waals surface area contributed by atoms with E-state index < -0.39 is 11.7 Å². The molecule has 0 spiro atoms. The van der Waals surface area contributed by atoms with Gasteiger partial charge in [0.1, 0.15) is 11.6 Å². The SMILES string of the molecule is COc1cc2[nH]c(C)c(C(=O)C(=O)N3CCN(C)CC3)c2cc1C(=O)N1C[C@H](C)C(Cc2ccc(F)cc2)C[C@H]1C. The van der Waals surface area contributed by atoms with Crippen molar-refractivity contribution in [3.63, 3.8) is 0 Å². The average molecular weight is 563 g/mol. The Labute approximate surface area is 240 Å². The third-order valence-electron chi connectivity index (χ3n) is 8.89. The van der Waals surface area contributed by atoms with Crippen LogP contribution in [0.15, 0.2) is 36.4 Å². The van der Waals surface area contributed by atoms with E-state index in [0.717, 1.165) is 31.5 Å². The number of likely N-dealkylation sites (N-methyl/N-ethyl adjacent to an activating group) is 1. The van der Waals surface area contributed by atoms with E-state index in [9.17, 15) is 18.8 Å². The maximum Gasteiger partial charge on any atom is 0.295 e. The lowest BCUT2D eigenvalue weighted by atomic mass is 9.79. The molecule has 2 aromatic carbocycles. The number of ether oxygens (including phenoxy) is 1. The summed E-state index contributed by atoms with van der Waals surface area (Å²) in [5.41, 5.74) is 3.00. The first kappa shape index (κ1) is 28.8. The van der Waals surface area contributed by atoms with E-state index in [1.165, 1.54) is 19.2 Å². The lowest BCUT2D eigenvalue weighted by molar-refractivity contribution is -0.127. The van der Waals surface area contributed by atoms with E-state index >= 15 is 0 Å². The van der Waals surface area contributed by atoms with Gasteiger partial charge in [0.25, 0.3) is 17.6 Å². The van der Waals surface area contributed by atoms with Crippen LogP contribution in [-0.2, 0) is 11.2 Å². The van der Waals surface area contributed by atoms with Crippen molar-refractivity contribution in [1.29, 1.82) is 0 Å². The number of rotatable bonds is 6. The van der Waals surface area contributed by atoms with Gasteiger partial charge in [0, 0.05) is 55.9 Å². The number of ketones is 1. The fraction of sp³-hybridized carbons (Fsp3) is 0.469. The average Bonchev–Trinajstić information content (AvgIpc) is 3.28. The summed E-state index contributed by atoms with van der Waals surface area (Å²) in [4.78, 5) is 49.5. The fourth-order valence-corrected chi connectivity index (χ4v) is 6.33. The minimum absolute atomic E-state index is 0.0163. The summed E-state index contributed by atoms with van der Waals surface area (Å²) in [6.07, 6.45) is 1.65. The number of hydrogen-bond donors (Lipinski definition) is 1. The van der Waals surface area contributed by atoms with Gasteiger partial charge >= 0.3 is 0 Å². The summed E-state index contributed by atoms with van der Waals surface area (Å²) >= 11 is 0. The van der Waals surface area contributed by atoms with E-state index in [-0.39, 0.29) is 23.7 Å². The third kappa shape index (κ3) is 5.73. The predicted molar refractivity (Wildman–Crippen MR) is 156 cm³/mol. The number of carbonyl (C=O) groups is 3. The summed E-state index contributed by atoms with van der Waals surface area (Å²) in [5, 5.41) is 0.547. The first-order valence-electron chi connectivity index (χ1n) is 14.3. The Balaban J connectivity index is 1.40. The van der Waals surface area contributed by atoms with Crippen LogP contribution >= 0.6 is 0 Å². The number of piperazine rings is 1. The number of piperidine rings is 1. The number of aromatic nitrogens is 1. The summed E-state index contributed by atoms with van der Waals surface area (Å²) < 4.78 is 19.0. The van der Waals surface area contributed by atoms with Crippen molar-refractivity contribution in [2.75, 3.05) is 46.9 Å². The maximum absolute atomic E-state index is 14.0. The largest absolute Gasteiger partial charge is 0.496 e. The molecule has 3 aromatic rings. The zero-order chi connectivity index (χ0) is 29.4. The van der Waals surface area contributed by atoms with Gasteiger partial charge in [-0.05, 0) is 69.3 Å². The lowest BCUT2D eigenvalue weighted by Crippen LogP contribution is -2.49. The van der Waals surface area contributed by atoms with Crippen LogP contribution in [0.5, 0.6) is 5.75 Å². The van der Waals surface area contributed by atoms with Crippen molar-refractivity contribution in [2.45, 2.75) is 39.7 Å². The van der Waals surface area contributed by atoms with Gasteiger partial charge in [-0.25, -0.2) is 4.39 Å². The minimum atomic E-state index is -0.564. The number of nitrogens with zero attached hydrogens (tertiary/aromatic N) is 3. The molecule has 1 N–H and O–H groups in total. The molecule has 0 saturated carbocycles. The van der Waals surface area contributed by atoms with Gasteiger partial charge in [0.05, 0.1) is 23.8 Å². The number of methoxy groups -OCH3 is 1. The number of benzene rings is 2. The standard InChI is InChI=1S/C32H39FN4O4/c1-19-18-37(20(2)14-23(19)15-22-6-8-24(33)9-7-22)31(39)26-16-25-27(17-28(26)41-5)34-21(3)29(25)30(38)32(40)36-12-10-35(4)11-13-36/h6-9,16-17,19-20,23,34H,10-15,18H2,1-5H3/t19-,20+,23?/m0/s1. The van der Waals surface area contributed by atoms with Gasteiger partial charge in [0.15, 0.2) is 0 Å². The number of aryl methyl sites for hydroxylation is 1. The number of aromatic amines is 1. The Kier molecular flexibility index (Phi) is 8.18. The van der Waals surface area contributed by atoms with Crippen molar-refractivity contribution in [2.24, 2.45) is 11.8 Å². The molecule has 1 unspecified atom stereocenters. The second-order valence-electron chi connectivity index (χ2n) is 11.8. The Bertz CT molecular complexity index is 1460. The van der Waals surface area contributed by atoms with Crippen LogP contribution in [0.4, 0.5) is 4.39 Å². The second kappa shape index (κ2) is 11.6. The number of likely N-dealkylation sites (tertiary alicyclic amines) is 1. The number of fused-ring (bicyclic) bond motifs is 1. The number of carbonyl (C=O) groups excluding carboxylic acids is 3.